The molecule has 0 aliphatic heterocycles. The van der Waals surface area contributed by atoms with Crippen molar-refractivity contribution < 1.29 is 0 Å². The molecule has 0 heterocycles. The smallest absolute Gasteiger partial charge is 0.0490 e. The van der Waals surface area contributed by atoms with Crippen LogP contribution in [-0.2, 0) is 0 Å². The minimum atomic E-state index is 1.08. The Balaban J connectivity index is 0.898. The van der Waals surface area contributed by atoms with E-state index in [-0.39, 0.29) is 0 Å². The summed E-state index contributed by atoms with van der Waals surface area (Å²) in [5.74, 6) is 0. The van der Waals surface area contributed by atoms with E-state index in [0.29, 0.717) is 0 Å². The summed E-state index contributed by atoms with van der Waals surface area (Å²) in [7, 11) is 0. The fraction of sp³-hybridized carbons (Fsp3) is 0.0571. The molecule has 0 N–H and O–H groups in total. The largest absolute Gasteiger partial charge is 0.310 e. The molecule has 0 amide bonds. The zero-order valence-electron chi connectivity index (χ0n) is 42.0. The molecule has 0 radical (unpaired) electrons. The van der Waals surface area contributed by atoms with Crippen molar-refractivity contribution in [2.24, 2.45) is 0 Å². The average Bonchev–Trinajstić information content (AvgIpc) is 3.43. The van der Waals surface area contributed by atoms with Gasteiger partial charge in [-0.3, -0.25) is 0 Å². The lowest BCUT2D eigenvalue weighted by atomic mass is 10.1. The maximum absolute atomic E-state index is 2.36. The minimum absolute atomic E-state index is 1.08. The fourth-order valence-corrected chi connectivity index (χ4v) is 9.37. The first kappa shape index (κ1) is 47.5. The van der Waals surface area contributed by atoms with E-state index in [2.05, 4.69) is 322 Å². The molecule has 0 aromatic heterocycles. The summed E-state index contributed by atoms with van der Waals surface area (Å²) < 4.78 is 0. The van der Waals surface area contributed by atoms with E-state index in [1.54, 1.807) is 0 Å². The number of para-hydroxylation sites is 4. The third kappa shape index (κ3) is 11.2. The molecule has 3 nitrogen and oxygen atoms in total. The van der Waals surface area contributed by atoms with Crippen LogP contribution in [0.4, 0.5) is 51.2 Å². The van der Waals surface area contributed by atoms with E-state index in [0.717, 1.165) is 56.3 Å². The lowest BCUT2D eigenvalue weighted by molar-refractivity contribution is 1.22. The Morgan fingerprint density at radius 1 is 0.205 bits per heavy atom. The van der Waals surface area contributed by atoms with Crippen LogP contribution in [0.1, 0.15) is 55.6 Å². The molecule has 0 saturated heterocycles. The molecule has 0 spiro atoms. The van der Waals surface area contributed by atoms with Crippen LogP contribution in [0.25, 0.3) is 36.5 Å². The van der Waals surface area contributed by atoms with Gasteiger partial charge in [0.25, 0.3) is 0 Å². The van der Waals surface area contributed by atoms with Crippen LogP contribution in [0.5, 0.6) is 0 Å². The highest BCUT2D eigenvalue weighted by atomic mass is 15.2. The van der Waals surface area contributed by atoms with E-state index < -0.39 is 0 Å². The van der Waals surface area contributed by atoms with Crippen molar-refractivity contribution in [1.29, 1.82) is 0 Å². The molecule has 10 aromatic rings. The van der Waals surface area contributed by atoms with Crippen molar-refractivity contribution in [2.75, 3.05) is 14.7 Å². The standard InChI is InChI=1S/C70H59N3/c1-52-17-8-12-25-67(52)72(68-26-13-9-18-53(68)2)64-47-39-59(40-48-64)31-29-57-35-43-62(44-36-57)71(66-24-16-23-61(51-66)34-33-56-21-6-5-7-22-56)63-45-37-58(38-46-63)30-32-60-41-49-65(50-42-60)73(69-27-14-10-19-54(69)3)70-28-15-11-20-55(70)4/h5-51H,1-4H3/b31-29+,32-30+,34-33+. The number of nitrogens with zero attached hydrogens (tertiary/aromatic N) is 3. The Morgan fingerprint density at radius 3 is 0.795 bits per heavy atom. The number of hydrogen-bond acceptors (Lipinski definition) is 3. The lowest BCUT2D eigenvalue weighted by Crippen LogP contribution is -2.12. The van der Waals surface area contributed by atoms with Gasteiger partial charge < -0.3 is 14.7 Å². The highest BCUT2D eigenvalue weighted by Crippen LogP contribution is 2.41. The van der Waals surface area contributed by atoms with E-state index in [1.165, 1.54) is 50.6 Å². The molecule has 0 unspecified atom stereocenters. The van der Waals surface area contributed by atoms with Gasteiger partial charge in [-0.05, 0) is 168 Å². The molecule has 10 rings (SSSR count). The van der Waals surface area contributed by atoms with Gasteiger partial charge in [-0.2, -0.15) is 0 Å². The quantitative estimate of drug-likeness (QED) is 0.0949. The Labute approximate surface area is 432 Å². The van der Waals surface area contributed by atoms with Crippen molar-refractivity contribution in [3.8, 4) is 0 Å². The SMILES string of the molecule is Cc1ccccc1N(c1ccc(/C=C/c2ccc(N(c3ccc(/C=C/c4ccc(N(c5ccccc5C)c5ccccc5C)cc4)cc3)c3cccc(/C=C/c4ccccc4)c3)cc2)cc1)c1ccccc1C. The zero-order chi connectivity index (χ0) is 49.9. The highest BCUT2D eigenvalue weighted by Gasteiger charge is 2.18. The summed E-state index contributed by atoms with van der Waals surface area (Å²) in [5, 5.41) is 0. The van der Waals surface area contributed by atoms with Gasteiger partial charge in [0.05, 0.1) is 0 Å². The van der Waals surface area contributed by atoms with Crippen molar-refractivity contribution in [3.05, 3.63) is 304 Å². The van der Waals surface area contributed by atoms with Gasteiger partial charge in [-0.15, -0.1) is 0 Å². The Bertz CT molecular complexity index is 3250. The number of hydrogen-bond donors (Lipinski definition) is 0. The van der Waals surface area contributed by atoms with Gasteiger partial charge in [-0.25, -0.2) is 0 Å². The van der Waals surface area contributed by atoms with Crippen LogP contribution < -0.4 is 14.7 Å². The molecule has 0 saturated carbocycles. The van der Waals surface area contributed by atoms with Gasteiger partial charge in [-0.1, -0.05) is 200 Å². The third-order valence-corrected chi connectivity index (χ3v) is 13.4. The normalized spacial score (nSPS) is 11.4. The molecular weight excluding hydrogens is 883 g/mol. The van der Waals surface area contributed by atoms with Gasteiger partial charge in [0.1, 0.15) is 0 Å². The summed E-state index contributed by atoms with van der Waals surface area (Å²) >= 11 is 0. The summed E-state index contributed by atoms with van der Waals surface area (Å²) in [5.41, 5.74) is 21.9. The molecule has 0 fully saturated rings. The zero-order valence-corrected chi connectivity index (χ0v) is 42.0. The predicted octanol–water partition coefficient (Wildman–Crippen LogP) is 19.8. The van der Waals surface area contributed by atoms with E-state index >= 15 is 0 Å². The summed E-state index contributed by atoms with van der Waals surface area (Å²) in [6.45, 7) is 8.70. The average molecular weight is 942 g/mol. The van der Waals surface area contributed by atoms with E-state index in [1.807, 2.05) is 6.07 Å². The first-order valence-electron chi connectivity index (χ1n) is 25.1. The van der Waals surface area contributed by atoms with Gasteiger partial charge in [0.2, 0.25) is 0 Å². The molecule has 354 valence electrons. The molecule has 3 heteroatoms. The van der Waals surface area contributed by atoms with Crippen molar-refractivity contribution in [2.45, 2.75) is 27.7 Å². The lowest BCUT2D eigenvalue weighted by Gasteiger charge is -2.28. The maximum atomic E-state index is 2.36. The van der Waals surface area contributed by atoms with Crippen molar-refractivity contribution in [1.82, 2.24) is 0 Å². The van der Waals surface area contributed by atoms with Gasteiger partial charge in [0, 0.05) is 51.2 Å². The van der Waals surface area contributed by atoms with Crippen LogP contribution >= 0.6 is 0 Å². The molecule has 0 aliphatic carbocycles. The Hall–Kier alpha value is -9.18. The van der Waals surface area contributed by atoms with E-state index in [4.69, 9.17) is 0 Å². The maximum Gasteiger partial charge on any atom is 0.0490 e. The van der Waals surface area contributed by atoms with Crippen LogP contribution in [0.2, 0.25) is 0 Å². The van der Waals surface area contributed by atoms with E-state index in [9.17, 15) is 0 Å². The van der Waals surface area contributed by atoms with Crippen molar-refractivity contribution in [3.63, 3.8) is 0 Å². The van der Waals surface area contributed by atoms with Crippen molar-refractivity contribution >= 4 is 87.6 Å². The Morgan fingerprint density at radius 2 is 0.466 bits per heavy atom. The molecule has 0 aliphatic rings. The van der Waals surface area contributed by atoms with Crippen LogP contribution in [0, 0.1) is 27.7 Å². The first-order chi connectivity index (χ1) is 35.8. The molecule has 73 heavy (non-hydrogen) atoms. The van der Waals surface area contributed by atoms with Crippen LogP contribution in [0.15, 0.2) is 249 Å². The van der Waals surface area contributed by atoms with Crippen LogP contribution in [-0.4, -0.2) is 0 Å². The second-order valence-corrected chi connectivity index (χ2v) is 18.5. The fourth-order valence-electron chi connectivity index (χ4n) is 9.37. The second kappa shape index (κ2) is 22.3. The topological polar surface area (TPSA) is 9.72 Å². The molecular formula is C70H59N3. The van der Waals surface area contributed by atoms with Gasteiger partial charge >= 0.3 is 0 Å². The number of benzene rings is 10. The summed E-state index contributed by atoms with van der Waals surface area (Å²) in [4.78, 5) is 7.05. The predicted molar refractivity (Wildman–Crippen MR) is 316 cm³/mol. The summed E-state index contributed by atoms with van der Waals surface area (Å²) in [6, 6.07) is 88.9. The molecule has 10 aromatic carbocycles. The second-order valence-electron chi connectivity index (χ2n) is 18.5. The number of rotatable bonds is 15. The monoisotopic (exact) mass is 941 g/mol. The molecule has 0 atom stereocenters. The van der Waals surface area contributed by atoms with Gasteiger partial charge in [0.15, 0.2) is 0 Å². The van der Waals surface area contributed by atoms with Crippen LogP contribution in [0.3, 0.4) is 0 Å². The third-order valence-electron chi connectivity index (χ3n) is 13.4. The number of anilines is 9. The summed E-state index contributed by atoms with van der Waals surface area (Å²) in [6.07, 6.45) is 13.1. The first-order valence-corrected chi connectivity index (χ1v) is 25.1. The number of aryl methyl sites for hydroxylation is 4. The molecule has 0 bridgehead atoms. The Kier molecular flexibility index (Phi) is 14.5. The minimum Gasteiger partial charge on any atom is -0.310 e. The highest BCUT2D eigenvalue weighted by molar-refractivity contribution is 5.85.